The number of carbonyl (C=O) groups excluding carboxylic acids is 1. The van der Waals surface area contributed by atoms with Gasteiger partial charge in [-0.1, -0.05) is 0 Å². The molecular weight excluding hydrogens is 250 g/mol. The van der Waals surface area contributed by atoms with Crippen LogP contribution < -0.4 is 5.32 Å². The highest BCUT2D eigenvalue weighted by atomic mass is 16.5. The third kappa shape index (κ3) is 13.5. The molecule has 0 spiro atoms. The van der Waals surface area contributed by atoms with Crippen LogP contribution in [-0.2, 0) is 19.0 Å². The van der Waals surface area contributed by atoms with Crippen molar-refractivity contribution in [3.63, 3.8) is 0 Å². The monoisotopic (exact) mass is 277 g/mol. The largest absolute Gasteiger partial charge is 0.466 e. The smallest absolute Gasteiger partial charge is 0.305 e. The summed E-state index contributed by atoms with van der Waals surface area (Å²) in [5, 5.41) is 12.6. The zero-order valence-electron chi connectivity index (χ0n) is 12.0. The number of aliphatic hydroxyl groups excluding tert-OH is 1. The summed E-state index contributed by atoms with van der Waals surface area (Å²) in [5.41, 5.74) is 0. The summed E-state index contributed by atoms with van der Waals surface area (Å²) in [6.45, 7) is 7.28. The molecule has 0 aromatic carbocycles. The Bertz CT molecular complexity index is 213. The SMILES string of the molecule is CCOCCOCC(O)CNCCCC(=O)OCC. The zero-order chi connectivity index (χ0) is 14.3. The minimum Gasteiger partial charge on any atom is -0.466 e. The Morgan fingerprint density at radius 3 is 2.63 bits per heavy atom. The van der Waals surface area contributed by atoms with Crippen molar-refractivity contribution < 1.29 is 24.1 Å². The van der Waals surface area contributed by atoms with Crippen molar-refractivity contribution in [1.82, 2.24) is 5.32 Å². The second-order valence-corrected chi connectivity index (χ2v) is 4.04. The van der Waals surface area contributed by atoms with Gasteiger partial charge in [0.25, 0.3) is 0 Å². The molecule has 6 heteroatoms. The van der Waals surface area contributed by atoms with Gasteiger partial charge in [-0.15, -0.1) is 0 Å². The molecule has 1 unspecified atom stereocenters. The van der Waals surface area contributed by atoms with Crippen LogP contribution in [0, 0.1) is 0 Å². The predicted molar refractivity (Wildman–Crippen MR) is 72.1 cm³/mol. The van der Waals surface area contributed by atoms with Gasteiger partial charge in [-0.3, -0.25) is 4.79 Å². The Labute approximate surface area is 115 Å². The van der Waals surface area contributed by atoms with Crippen LogP contribution in [0.15, 0.2) is 0 Å². The number of ether oxygens (including phenoxy) is 3. The summed E-state index contributed by atoms with van der Waals surface area (Å²) >= 11 is 0. The summed E-state index contributed by atoms with van der Waals surface area (Å²) in [6.07, 6.45) is 0.572. The number of carbonyl (C=O) groups is 1. The van der Waals surface area contributed by atoms with Gasteiger partial charge >= 0.3 is 5.97 Å². The maximum absolute atomic E-state index is 11.0. The Hall–Kier alpha value is -0.690. The average molecular weight is 277 g/mol. The van der Waals surface area contributed by atoms with E-state index in [9.17, 15) is 9.90 Å². The maximum atomic E-state index is 11.0. The Morgan fingerprint density at radius 2 is 1.95 bits per heavy atom. The van der Waals surface area contributed by atoms with E-state index < -0.39 is 6.10 Å². The molecule has 6 nitrogen and oxygen atoms in total. The van der Waals surface area contributed by atoms with Crippen LogP contribution in [0.4, 0.5) is 0 Å². The topological polar surface area (TPSA) is 77.0 Å². The van der Waals surface area contributed by atoms with Crippen LogP contribution in [0.1, 0.15) is 26.7 Å². The van der Waals surface area contributed by atoms with Crippen molar-refractivity contribution in [2.75, 3.05) is 46.1 Å². The standard InChI is InChI=1S/C13H27NO5/c1-3-17-8-9-18-11-12(15)10-14-7-5-6-13(16)19-4-2/h12,14-15H,3-11H2,1-2H3. The fraction of sp³-hybridized carbons (Fsp3) is 0.923. The quantitative estimate of drug-likeness (QED) is 0.373. The number of nitrogens with one attached hydrogen (secondary N) is 1. The van der Waals surface area contributed by atoms with Crippen molar-refractivity contribution in [2.45, 2.75) is 32.8 Å². The number of hydrogen-bond donors (Lipinski definition) is 2. The van der Waals surface area contributed by atoms with E-state index in [-0.39, 0.29) is 12.6 Å². The molecule has 1 atom stereocenters. The van der Waals surface area contributed by atoms with Gasteiger partial charge < -0.3 is 24.6 Å². The molecule has 2 N–H and O–H groups in total. The molecule has 0 fully saturated rings. The number of hydrogen-bond acceptors (Lipinski definition) is 6. The minimum absolute atomic E-state index is 0.177. The second-order valence-electron chi connectivity index (χ2n) is 4.04. The zero-order valence-corrected chi connectivity index (χ0v) is 12.0. The van der Waals surface area contributed by atoms with Gasteiger partial charge in [0, 0.05) is 19.6 Å². The van der Waals surface area contributed by atoms with E-state index in [1.165, 1.54) is 0 Å². The molecule has 0 aliphatic heterocycles. The summed E-state index contributed by atoms with van der Waals surface area (Å²) < 4.78 is 15.1. The first-order chi connectivity index (χ1) is 9.20. The third-order valence-electron chi connectivity index (χ3n) is 2.31. The highest BCUT2D eigenvalue weighted by Crippen LogP contribution is 1.92. The summed E-state index contributed by atoms with van der Waals surface area (Å²) in [7, 11) is 0. The van der Waals surface area contributed by atoms with E-state index in [0.717, 1.165) is 0 Å². The molecule has 0 aromatic rings. The summed E-state index contributed by atoms with van der Waals surface area (Å²) in [5.74, 6) is -0.177. The van der Waals surface area contributed by atoms with Crippen LogP contribution in [0.25, 0.3) is 0 Å². The highest BCUT2D eigenvalue weighted by molar-refractivity contribution is 5.69. The highest BCUT2D eigenvalue weighted by Gasteiger charge is 2.04. The lowest BCUT2D eigenvalue weighted by molar-refractivity contribution is -0.143. The molecular formula is C13H27NO5. The lowest BCUT2D eigenvalue weighted by Crippen LogP contribution is -2.31. The molecule has 0 heterocycles. The van der Waals surface area contributed by atoms with Crippen molar-refractivity contribution in [2.24, 2.45) is 0 Å². The molecule has 19 heavy (non-hydrogen) atoms. The lowest BCUT2D eigenvalue weighted by Gasteiger charge is -2.12. The fourth-order valence-corrected chi connectivity index (χ4v) is 1.40. The van der Waals surface area contributed by atoms with Crippen molar-refractivity contribution in [3.05, 3.63) is 0 Å². The van der Waals surface area contributed by atoms with Gasteiger partial charge in [0.2, 0.25) is 0 Å². The molecule has 0 radical (unpaired) electrons. The molecule has 114 valence electrons. The van der Waals surface area contributed by atoms with E-state index in [0.29, 0.717) is 52.4 Å². The average Bonchev–Trinajstić information content (AvgIpc) is 2.38. The van der Waals surface area contributed by atoms with E-state index >= 15 is 0 Å². The molecule has 0 amide bonds. The Morgan fingerprint density at radius 1 is 1.21 bits per heavy atom. The van der Waals surface area contributed by atoms with Gasteiger partial charge in [0.1, 0.15) is 0 Å². The van der Waals surface area contributed by atoms with Gasteiger partial charge in [-0.05, 0) is 26.8 Å². The molecule has 0 aliphatic carbocycles. The molecule has 0 aromatic heterocycles. The van der Waals surface area contributed by atoms with E-state index in [2.05, 4.69) is 5.32 Å². The Kier molecular flexibility index (Phi) is 13.2. The van der Waals surface area contributed by atoms with Gasteiger partial charge in [-0.25, -0.2) is 0 Å². The summed E-state index contributed by atoms with van der Waals surface area (Å²) in [4.78, 5) is 11.0. The minimum atomic E-state index is -0.538. The van der Waals surface area contributed by atoms with Crippen LogP contribution >= 0.6 is 0 Å². The second kappa shape index (κ2) is 13.7. The van der Waals surface area contributed by atoms with E-state index in [4.69, 9.17) is 14.2 Å². The van der Waals surface area contributed by atoms with Crippen molar-refractivity contribution in [1.29, 1.82) is 0 Å². The molecule has 0 saturated carbocycles. The molecule has 0 rings (SSSR count). The van der Waals surface area contributed by atoms with Gasteiger partial charge in [0.05, 0.1) is 32.5 Å². The normalized spacial score (nSPS) is 12.4. The van der Waals surface area contributed by atoms with Gasteiger partial charge in [-0.2, -0.15) is 0 Å². The lowest BCUT2D eigenvalue weighted by atomic mass is 10.3. The number of esters is 1. The maximum Gasteiger partial charge on any atom is 0.305 e. The Balaban J connectivity index is 3.24. The van der Waals surface area contributed by atoms with Gasteiger partial charge in [0.15, 0.2) is 0 Å². The van der Waals surface area contributed by atoms with Crippen LogP contribution in [-0.4, -0.2) is 63.3 Å². The molecule has 0 saturated heterocycles. The summed E-state index contributed by atoms with van der Waals surface area (Å²) in [6, 6.07) is 0. The number of rotatable bonds is 13. The molecule has 0 bridgehead atoms. The van der Waals surface area contributed by atoms with Crippen LogP contribution in [0.3, 0.4) is 0 Å². The van der Waals surface area contributed by atoms with Crippen LogP contribution in [0.5, 0.6) is 0 Å². The van der Waals surface area contributed by atoms with Crippen molar-refractivity contribution in [3.8, 4) is 0 Å². The number of aliphatic hydroxyl groups is 1. The molecule has 0 aliphatic rings. The first kappa shape index (κ1) is 18.3. The first-order valence-electron chi connectivity index (χ1n) is 6.90. The van der Waals surface area contributed by atoms with E-state index in [1.54, 1.807) is 6.92 Å². The van der Waals surface area contributed by atoms with Crippen LogP contribution in [0.2, 0.25) is 0 Å². The fourth-order valence-electron chi connectivity index (χ4n) is 1.40. The van der Waals surface area contributed by atoms with Crippen molar-refractivity contribution >= 4 is 5.97 Å². The first-order valence-corrected chi connectivity index (χ1v) is 6.90. The predicted octanol–water partition coefficient (Wildman–Crippen LogP) is 0.333. The third-order valence-corrected chi connectivity index (χ3v) is 2.31. The van der Waals surface area contributed by atoms with E-state index in [1.807, 2.05) is 6.92 Å².